The lowest BCUT2D eigenvalue weighted by Gasteiger charge is -2.16. The van der Waals surface area contributed by atoms with Crippen molar-refractivity contribution >= 4 is 21.6 Å². The maximum absolute atomic E-state index is 12.3. The van der Waals surface area contributed by atoms with Crippen molar-refractivity contribution in [1.29, 1.82) is 0 Å². The predicted octanol–water partition coefficient (Wildman–Crippen LogP) is 2.75. The highest BCUT2D eigenvalue weighted by atomic mass is 35.5. The van der Waals surface area contributed by atoms with Crippen LogP contribution in [-0.4, -0.2) is 19.8 Å². The number of rotatable bonds is 4. The van der Waals surface area contributed by atoms with Crippen molar-refractivity contribution in [3.63, 3.8) is 0 Å². The third kappa shape index (κ3) is 2.58. The number of sulfonamides is 1. The van der Waals surface area contributed by atoms with Gasteiger partial charge in [0, 0.05) is 7.05 Å². The Labute approximate surface area is 111 Å². The fourth-order valence-electron chi connectivity index (χ4n) is 1.53. The van der Waals surface area contributed by atoms with E-state index in [1.54, 1.807) is 30.3 Å². The molecule has 1 aromatic carbocycles. The molecular formula is C12H12ClNO3S. The first-order valence-electron chi connectivity index (χ1n) is 5.25. The van der Waals surface area contributed by atoms with E-state index in [0.29, 0.717) is 5.76 Å². The molecule has 6 heteroatoms. The van der Waals surface area contributed by atoms with Gasteiger partial charge >= 0.3 is 0 Å². The Bertz CT molecular complexity index is 623. The van der Waals surface area contributed by atoms with Gasteiger partial charge in [0.1, 0.15) is 10.7 Å². The Morgan fingerprint density at radius 1 is 1.22 bits per heavy atom. The average molecular weight is 286 g/mol. The van der Waals surface area contributed by atoms with Crippen LogP contribution in [0.5, 0.6) is 0 Å². The van der Waals surface area contributed by atoms with Gasteiger partial charge in [-0.15, -0.1) is 0 Å². The van der Waals surface area contributed by atoms with E-state index >= 15 is 0 Å². The summed E-state index contributed by atoms with van der Waals surface area (Å²) in [6, 6.07) is 9.79. The Hall–Kier alpha value is -1.30. The van der Waals surface area contributed by atoms with E-state index in [1.165, 1.54) is 23.7 Å². The molecule has 2 aromatic rings. The third-order valence-electron chi connectivity index (χ3n) is 2.48. The van der Waals surface area contributed by atoms with Crippen LogP contribution in [0.4, 0.5) is 0 Å². The highest BCUT2D eigenvalue weighted by Crippen LogP contribution is 2.24. The second-order valence-corrected chi connectivity index (χ2v) is 6.19. The van der Waals surface area contributed by atoms with Crippen LogP contribution in [0, 0.1) is 0 Å². The normalized spacial score (nSPS) is 11.9. The topological polar surface area (TPSA) is 50.5 Å². The molecule has 0 unspecified atom stereocenters. The van der Waals surface area contributed by atoms with Crippen LogP contribution in [-0.2, 0) is 16.6 Å². The lowest BCUT2D eigenvalue weighted by Crippen LogP contribution is -2.26. The van der Waals surface area contributed by atoms with Gasteiger partial charge in [0.05, 0.1) is 17.8 Å². The number of nitrogens with zero attached hydrogens (tertiary/aromatic N) is 1. The number of hydrogen-bond acceptors (Lipinski definition) is 3. The van der Waals surface area contributed by atoms with Gasteiger partial charge in [-0.25, -0.2) is 8.42 Å². The molecule has 0 bridgehead atoms. The number of halogens is 1. The van der Waals surface area contributed by atoms with Crippen molar-refractivity contribution in [2.45, 2.75) is 11.4 Å². The van der Waals surface area contributed by atoms with Crippen molar-refractivity contribution in [2.75, 3.05) is 7.05 Å². The fraction of sp³-hybridized carbons (Fsp3) is 0.167. The van der Waals surface area contributed by atoms with E-state index < -0.39 is 10.0 Å². The van der Waals surface area contributed by atoms with E-state index in [2.05, 4.69) is 0 Å². The van der Waals surface area contributed by atoms with Crippen LogP contribution in [0.25, 0.3) is 0 Å². The van der Waals surface area contributed by atoms with Crippen LogP contribution in [0.3, 0.4) is 0 Å². The average Bonchev–Trinajstić information content (AvgIpc) is 2.82. The van der Waals surface area contributed by atoms with Gasteiger partial charge in [-0.1, -0.05) is 23.7 Å². The summed E-state index contributed by atoms with van der Waals surface area (Å²) < 4.78 is 30.9. The molecular weight excluding hydrogens is 274 g/mol. The number of benzene rings is 1. The van der Waals surface area contributed by atoms with Gasteiger partial charge in [0.2, 0.25) is 10.0 Å². The molecule has 1 heterocycles. The first kappa shape index (κ1) is 13.1. The van der Waals surface area contributed by atoms with Crippen molar-refractivity contribution in [3.05, 3.63) is 53.4 Å². The monoisotopic (exact) mass is 285 g/mol. The van der Waals surface area contributed by atoms with E-state index in [0.717, 1.165) is 0 Å². The molecule has 0 amide bonds. The summed E-state index contributed by atoms with van der Waals surface area (Å²) in [7, 11) is -2.12. The van der Waals surface area contributed by atoms with Crippen LogP contribution >= 0.6 is 11.6 Å². The van der Waals surface area contributed by atoms with Crippen LogP contribution in [0.15, 0.2) is 52.0 Å². The first-order valence-corrected chi connectivity index (χ1v) is 7.07. The van der Waals surface area contributed by atoms with Gasteiger partial charge < -0.3 is 4.42 Å². The molecule has 18 heavy (non-hydrogen) atoms. The van der Waals surface area contributed by atoms with Crippen molar-refractivity contribution in [3.8, 4) is 0 Å². The predicted molar refractivity (Wildman–Crippen MR) is 68.8 cm³/mol. The Morgan fingerprint density at radius 3 is 2.56 bits per heavy atom. The Kier molecular flexibility index (Phi) is 3.75. The molecule has 96 valence electrons. The molecule has 0 saturated carbocycles. The third-order valence-corrected chi connectivity index (χ3v) is 4.79. The highest BCUT2D eigenvalue weighted by molar-refractivity contribution is 7.89. The van der Waals surface area contributed by atoms with Crippen LogP contribution < -0.4 is 0 Å². The molecule has 0 spiro atoms. The van der Waals surface area contributed by atoms with E-state index in [4.69, 9.17) is 16.0 Å². The quantitative estimate of drug-likeness (QED) is 0.868. The van der Waals surface area contributed by atoms with Gasteiger partial charge in [-0.2, -0.15) is 4.31 Å². The fourth-order valence-corrected chi connectivity index (χ4v) is 3.16. The first-order chi connectivity index (χ1) is 8.51. The van der Waals surface area contributed by atoms with Crippen molar-refractivity contribution < 1.29 is 12.8 Å². The van der Waals surface area contributed by atoms with Crippen LogP contribution in [0.1, 0.15) is 5.76 Å². The summed E-state index contributed by atoms with van der Waals surface area (Å²) in [5, 5.41) is 0.212. The standard InChI is InChI=1S/C12H12ClNO3S/c1-14(9-10-5-4-8-17-10)18(15,16)12-7-3-2-6-11(12)13/h2-8H,9H2,1H3. The highest BCUT2D eigenvalue weighted by Gasteiger charge is 2.23. The minimum Gasteiger partial charge on any atom is -0.468 e. The second kappa shape index (κ2) is 5.14. The lowest BCUT2D eigenvalue weighted by atomic mass is 10.4. The maximum Gasteiger partial charge on any atom is 0.244 e. The molecule has 0 saturated heterocycles. The van der Waals surface area contributed by atoms with E-state index in [9.17, 15) is 8.42 Å². The van der Waals surface area contributed by atoms with E-state index in [1.807, 2.05) is 0 Å². The summed E-state index contributed by atoms with van der Waals surface area (Å²) in [5.74, 6) is 0.577. The minimum atomic E-state index is -3.60. The van der Waals surface area contributed by atoms with Crippen molar-refractivity contribution in [1.82, 2.24) is 4.31 Å². The smallest absolute Gasteiger partial charge is 0.244 e. The summed E-state index contributed by atoms with van der Waals surface area (Å²) >= 11 is 5.91. The number of furan rings is 1. The molecule has 1 aromatic heterocycles. The molecule has 0 atom stereocenters. The van der Waals surface area contributed by atoms with Gasteiger partial charge in [-0.3, -0.25) is 0 Å². The Balaban J connectivity index is 2.29. The van der Waals surface area contributed by atoms with Gasteiger partial charge in [0.15, 0.2) is 0 Å². The molecule has 2 rings (SSSR count). The SMILES string of the molecule is CN(Cc1ccco1)S(=O)(=O)c1ccccc1Cl. The minimum absolute atomic E-state index is 0.0979. The second-order valence-electron chi connectivity index (χ2n) is 3.77. The molecule has 0 aliphatic rings. The van der Waals surface area contributed by atoms with Crippen LogP contribution in [0.2, 0.25) is 5.02 Å². The Morgan fingerprint density at radius 2 is 1.94 bits per heavy atom. The van der Waals surface area contributed by atoms with Gasteiger partial charge in [0.25, 0.3) is 0 Å². The zero-order valence-corrected chi connectivity index (χ0v) is 11.3. The van der Waals surface area contributed by atoms with E-state index in [-0.39, 0.29) is 16.5 Å². The molecule has 0 fully saturated rings. The molecule has 0 N–H and O–H groups in total. The number of hydrogen-bond donors (Lipinski definition) is 0. The summed E-state index contributed by atoms with van der Waals surface area (Å²) in [4.78, 5) is 0.0979. The zero-order valence-electron chi connectivity index (χ0n) is 9.71. The molecule has 4 nitrogen and oxygen atoms in total. The largest absolute Gasteiger partial charge is 0.468 e. The maximum atomic E-state index is 12.3. The molecule has 0 aliphatic heterocycles. The van der Waals surface area contributed by atoms with Gasteiger partial charge in [-0.05, 0) is 24.3 Å². The summed E-state index contributed by atoms with van der Waals surface area (Å²) in [5.41, 5.74) is 0. The van der Waals surface area contributed by atoms with Crippen molar-refractivity contribution in [2.24, 2.45) is 0 Å². The zero-order chi connectivity index (χ0) is 13.2. The molecule has 0 aliphatic carbocycles. The summed E-state index contributed by atoms with van der Waals surface area (Å²) in [6.45, 7) is 0.167. The summed E-state index contributed by atoms with van der Waals surface area (Å²) in [6.07, 6.45) is 1.51. The molecule has 0 radical (unpaired) electrons. The lowest BCUT2D eigenvalue weighted by molar-refractivity contribution is 0.406.